The lowest BCUT2D eigenvalue weighted by molar-refractivity contribution is 0.0951. The molecule has 0 spiro atoms. The predicted octanol–water partition coefficient (Wildman–Crippen LogP) is 3.75. The molecule has 0 aliphatic carbocycles. The molecular formula is C21H19ClN2O3S. The summed E-state index contributed by atoms with van der Waals surface area (Å²) in [4.78, 5) is 12.3. The number of sulfonamides is 1. The smallest absolute Gasteiger partial charge is 0.251 e. The number of carbonyl (C=O) groups excluding carboxylic acids is 1. The van der Waals surface area contributed by atoms with E-state index in [0.29, 0.717) is 17.1 Å². The van der Waals surface area contributed by atoms with E-state index < -0.39 is 10.0 Å². The molecule has 0 atom stereocenters. The Bertz CT molecular complexity index is 1040. The molecule has 7 heteroatoms. The molecule has 3 aromatic rings. The molecule has 3 aromatic carbocycles. The molecule has 0 bridgehead atoms. The third kappa shape index (κ3) is 5.42. The zero-order valence-corrected chi connectivity index (χ0v) is 16.5. The van der Waals surface area contributed by atoms with E-state index in [0.717, 1.165) is 11.1 Å². The molecule has 1 amide bonds. The van der Waals surface area contributed by atoms with E-state index in [2.05, 4.69) is 10.0 Å². The summed E-state index contributed by atoms with van der Waals surface area (Å²) >= 11 is 5.82. The van der Waals surface area contributed by atoms with Gasteiger partial charge in [0, 0.05) is 23.7 Å². The molecule has 0 aromatic heterocycles. The molecule has 0 saturated carbocycles. The maximum atomic E-state index is 12.2. The highest BCUT2D eigenvalue weighted by Gasteiger charge is 2.12. The molecule has 0 aliphatic rings. The van der Waals surface area contributed by atoms with E-state index in [4.69, 9.17) is 11.6 Å². The molecule has 5 nitrogen and oxygen atoms in total. The van der Waals surface area contributed by atoms with Crippen LogP contribution in [-0.2, 0) is 23.1 Å². The summed E-state index contributed by atoms with van der Waals surface area (Å²) < 4.78 is 27.1. The minimum absolute atomic E-state index is 0.184. The number of hydrogen-bond acceptors (Lipinski definition) is 3. The lowest BCUT2D eigenvalue weighted by atomic mass is 10.1. The van der Waals surface area contributed by atoms with E-state index in [-0.39, 0.29) is 17.3 Å². The van der Waals surface area contributed by atoms with Gasteiger partial charge in [0.1, 0.15) is 0 Å². The van der Waals surface area contributed by atoms with E-state index in [9.17, 15) is 13.2 Å². The second kappa shape index (κ2) is 9.01. The fourth-order valence-electron chi connectivity index (χ4n) is 2.52. The van der Waals surface area contributed by atoms with Crippen molar-refractivity contribution in [1.82, 2.24) is 10.0 Å². The van der Waals surface area contributed by atoms with Crippen LogP contribution in [-0.4, -0.2) is 14.3 Å². The van der Waals surface area contributed by atoms with Crippen LogP contribution in [0.5, 0.6) is 0 Å². The molecule has 3 rings (SSSR count). The summed E-state index contributed by atoms with van der Waals surface area (Å²) in [6.45, 7) is 0.562. The topological polar surface area (TPSA) is 75.3 Å². The zero-order chi connectivity index (χ0) is 20.0. The minimum atomic E-state index is -3.54. The Labute approximate surface area is 169 Å². The number of hydrogen-bond donors (Lipinski definition) is 2. The molecule has 0 saturated heterocycles. The van der Waals surface area contributed by atoms with Crippen molar-refractivity contribution in [2.75, 3.05) is 0 Å². The second-order valence-electron chi connectivity index (χ2n) is 6.14. The molecular weight excluding hydrogens is 396 g/mol. The number of carbonyl (C=O) groups is 1. The maximum absolute atomic E-state index is 12.2. The Morgan fingerprint density at radius 3 is 1.96 bits per heavy atom. The first-order valence-electron chi connectivity index (χ1n) is 8.60. The third-order valence-corrected chi connectivity index (χ3v) is 5.77. The summed E-state index contributed by atoms with van der Waals surface area (Å²) in [5.41, 5.74) is 2.28. The van der Waals surface area contributed by atoms with Crippen molar-refractivity contribution in [3.8, 4) is 0 Å². The summed E-state index contributed by atoms with van der Waals surface area (Å²) in [7, 11) is -3.54. The molecule has 0 heterocycles. The highest BCUT2D eigenvalue weighted by molar-refractivity contribution is 7.89. The molecule has 0 unspecified atom stereocenters. The molecule has 0 fully saturated rings. The van der Waals surface area contributed by atoms with Gasteiger partial charge >= 0.3 is 0 Å². The Morgan fingerprint density at radius 1 is 0.786 bits per heavy atom. The van der Waals surface area contributed by atoms with Gasteiger partial charge in [-0.2, -0.15) is 0 Å². The number of rotatable bonds is 7. The fraction of sp³-hybridized carbons (Fsp3) is 0.0952. The molecule has 28 heavy (non-hydrogen) atoms. The normalized spacial score (nSPS) is 11.2. The Balaban J connectivity index is 1.53. The number of nitrogens with one attached hydrogen (secondary N) is 2. The Morgan fingerprint density at radius 2 is 1.36 bits per heavy atom. The van der Waals surface area contributed by atoms with Crippen LogP contribution in [0.2, 0.25) is 5.02 Å². The zero-order valence-electron chi connectivity index (χ0n) is 14.9. The molecule has 0 aliphatic heterocycles. The standard InChI is InChI=1S/C21H19ClN2O3S/c22-19-12-10-18(11-13-19)21(25)23-14-16-6-8-17(9-7-16)15-24-28(26,27)20-4-2-1-3-5-20/h1-13,24H,14-15H2,(H,23,25). The average molecular weight is 415 g/mol. The van der Waals surface area contributed by atoms with Gasteiger partial charge < -0.3 is 5.32 Å². The fourth-order valence-corrected chi connectivity index (χ4v) is 3.69. The van der Waals surface area contributed by atoms with Crippen molar-refractivity contribution >= 4 is 27.5 Å². The lowest BCUT2D eigenvalue weighted by Crippen LogP contribution is -2.23. The summed E-state index contributed by atoms with van der Waals surface area (Å²) in [5, 5.41) is 3.42. The largest absolute Gasteiger partial charge is 0.348 e. The van der Waals surface area contributed by atoms with E-state index in [1.54, 1.807) is 54.6 Å². The van der Waals surface area contributed by atoms with Crippen molar-refractivity contribution in [1.29, 1.82) is 0 Å². The second-order valence-corrected chi connectivity index (χ2v) is 8.35. The van der Waals surface area contributed by atoms with Crippen LogP contribution in [0.4, 0.5) is 0 Å². The monoisotopic (exact) mass is 414 g/mol. The van der Waals surface area contributed by atoms with Crippen molar-refractivity contribution in [2.45, 2.75) is 18.0 Å². The van der Waals surface area contributed by atoms with Gasteiger partial charge in [-0.25, -0.2) is 13.1 Å². The van der Waals surface area contributed by atoms with Crippen LogP contribution in [0, 0.1) is 0 Å². The lowest BCUT2D eigenvalue weighted by Gasteiger charge is -2.09. The number of amides is 1. The summed E-state index contributed by atoms with van der Waals surface area (Å²) in [6.07, 6.45) is 0. The number of halogens is 1. The van der Waals surface area contributed by atoms with Crippen molar-refractivity contribution in [3.63, 3.8) is 0 Å². The van der Waals surface area contributed by atoms with Crippen molar-refractivity contribution < 1.29 is 13.2 Å². The molecule has 2 N–H and O–H groups in total. The van der Waals surface area contributed by atoms with Gasteiger partial charge in [-0.1, -0.05) is 54.1 Å². The van der Waals surface area contributed by atoms with Gasteiger partial charge in [0.2, 0.25) is 10.0 Å². The molecule has 144 valence electrons. The maximum Gasteiger partial charge on any atom is 0.251 e. The van der Waals surface area contributed by atoms with Crippen molar-refractivity contribution in [3.05, 3.63) is 101 Å². The first-order chi connectivity index (χ1) is 13.4. The van der Waals surface area contributed by atoms with Crippen molar-refractivity contribution in [2.24, 2.45) is 0 Å². The highest BCUT2D eigenvalue weighted by Crippen LogP contribution is 2.11. The van der Waals surface area contributed by atoms with E-state index >= 15 is 0 Å². The summed E-state index contributed by atoms with van der Waals surface area (Å²) in [5.74, 6) is -0.184. The van der Waals surface area contributed by atoms with Gasteiger partial charge in [-0.15, -0.1) is 0 Å². The van der Waals surface area contributed by atoms with Gasteiger partial charge in [0.05, 0.1) is 4.90 Å². The van der Waals surface area contributed by atoms with Crippen LogP contribution in [0.1, 0.15) is 21.5 Å². The van der Waals surface area contributed by atoms with E-state index in [1.165, 1.54) is 0 Å². The Hall–Kier alpha value is -2.67. The number of benzene rings is 3. The van der Waals surface area contributed by atoms with Crippen LogP contribution < -0.4 is 10.0 Å². The quantitative estimate of drug-likeness (QED) is 0.618. The van der Waals surface area contributed by atoms with Gasteiger partial charge in [-0.05, 0) is 47.5 Å². The van der Waals surface area contributed by atoms with Crippen LogP contribution in [0.25, 0.3) is 0 Å². The van der Waals surface area contributed by atoms with Crippen LogP contribution in [0.15, 0.2) is 83.8 Å². The first kappa shape index (κ1) is 20.1. The van der Waals surface area contributed by atoms with Gasteiger partial charge in [0.15, 0.2) is 0 Å². The third-order valence-electron chi connectivity index (χ3n) is 4.10. The average Bonchev–Trinajstić information content (AvgIpc) is 2.72. The first-order valence-corrected chi connectivity index (χ1v) is 10.5. The van der Waals surface area contributed by atoms with Gasteiger partial charge in [0.25, 0.3) is 5.91 Å². The Kier molecular flexibility index (Phi) is 6.46. The SMILES string of the molecule is O=C(NCc1ccc(CNS(=O)(=O)c2ccccc2)cc1)c1ccc(Cl)cc1. The van der Waals surface area contributed by atoms with Gasteiger partial charge in [-0.3, -0.25) is 4.79 Å². The minimum Gasteiger partial charge on any atom is -0.348 e. The van der Waals surface area contributed by atoms with Crippen LogP contribution in [0.3, 0.4) is 0 Å². The molecule has 0 radical (unpaired) electrons. The predicted molar refractivity (Wildman–Crippen MR) is 110 cm³/mol. The summed E-state index contributed by atoms with van der Waals surface area (Å²) in [6, 6.07) is 22.3. The highest BCUT2D eigenvalue weighted by atomic mass is 35.5. The van der Waals surface area contributed by atoms with E-state index in [1.807, 2.05) is 24.3 Å². The van der Waals surface area contributed by atoms with Crippen LogP contribution >= 0.6 is 11.6 Å².